The van der Waals surface area contributed by atoms with Gasteiger partial charge in [-0.15, -0.1) is 5.10 Å². The van der Waals surface area contributed by atoms with Crippen LogP contribution in [0.25, 0.3) is 11.4 Å². The second kappa shape index (κ2) is 10.1. The van der Waals surface area contributed by atoms with Crippen LogP contribution in [0.5, 0.6) is 11.5 Å². The highest BCUT2D eigenvalue weighted by atomic mass is 16.5. The molecule has 0 saturated heterocycles. The first-order valence-electron chi connectivity index (χ1n) is 10.6. The van der Waals surface area contributed by atoms with E-state index < -0.39 is 0 Å². The molecule has 6 nitrogen and oxygen atoms in total. The maximum absolute atomic E-state index is 5.60. The molecule has 3 rings (SSSR count). The zero-order valence-corrected chi connectivity index (χ0v) is 18.6. The van der Waals surface area contributed by atoms with Gasteiger partial charge in [-0.2, -0.15) is 4.98 Å². The van der Waals surface area contributed by atoms with E-state index in [0.717, 1.165) is 48.9 Å². The van der Waals surface area contributed by atoms with Crippen LogP contribution < -0.4 is 14.4 Å². The Bertz CT molecular complexity index is 940. The molecule has 1 heterocycles. The van der Waals surface area contributed by atoms with E-state index in [1.165, 1.54) is 5.56 Å². The molecule has 2 aromatic carbocycles. The van der Waals surface area contributed by atoms with Crippen molar-refractivity contribution in [3.8, 4) is 22.9 Å². The average Bonchev–Trinajstić information content (AvgIpc) is 3.17. The maximum Gasteiger partial charge on any atom is 0.245 e. The van der Waals surface area contributed by atoms with E-state index in [4.69, 9.17) is 19.6 Å². The van der Waals surface area contributed by atoms with Crippen molar-refractivity contribution in [1.82, 2.24) is 14.8 Å². The third-order valence-electron chi connectivity index (χ3n) is 5.25. The lowest BCUT2D eigenvalue weighted by Gasteiger charge is -2.31. The molecule has 0 spiro atoms. The Balaban J connectivity index is 2.03. The summed E-state index contributed by atoms with van der Waals surface area (Å²) in [6.07, 6.45) is 3.15. The summed E-state index contributed by atoms with van der Waals surface area (Å²) in [4.78, 5) is 7.28. The maximum atomic E-state index is 5.60. The predicted molar refractivity (Wildman–Crippen MR) is 121 cm³/mol. The molecule has 0 unspecified atom stereocenters. The summed E-state index contributed by atoms with van der Waals surface area (Å²) in [7, 11) is 5.23. The standard InChI is InChI=1S/C24H32N4O2/c1-6-11-21(18-12-9-8-10-13-18)28(16-7-2)24-25-23(27(3)26-24)20-15-14-19(29-4)17-22(20)30-5/h8-10,12-15,17,21H,6-7,11,16H2,1-5H3/t21-/m0/s1. The third kappa shape index (κ3) is 4.58. The number of nitrogens with zero attached hydrogens (tertiary/aromatic N) is 4. The van der Waals surface area contributed by atoms with Gasteiger partial charge in [-0.1, -0.05) is 50.6 Å². The Hall–Kier alpha value is -3.02. The van der Waals surface area contributed by atoms with Gasteiger partial charge in [0.2, 0.25) is 5.95 Å². The molecule has 0 radical (unpaired) electrons. The molecule has 0 aliphatic carbocycles. The van der Waals surface area contributed by atoms with Crippen LogP contribution in [-0.2, 0) is 7.05 Å². The quantitative estimate of drug-likeness (QED) is 0.458. The molecule has 3 aromatic rings. The van der Waals surface area contributed by atoms with Crippen LogP contribution in [0.15, 0.2) is 48.5 Å². The first-order chi connectivity index (χ1) is 14.6. The van der Waals surface area contributed by atoms with Gasteiger partial charge in [0.05, 0.1) is 25.8 Å². The largest absolute Gasteiger partial charge is 0.497 e. The zero-order chi connectivity index (χ0) is 21.5. The molecule has 1 aromatic heterocycles. The number of methoxy groups -OCH3 is 2. The van der Waals surface area contributed by atoms with E-state index in [1.807, 2.05) is 29.9 Å². The zero-order valence-electron chi connectivity index (χ0n) is 18.6. The molecule has 0 aliphatic heterocycles. The molecule has 1 atom stereocenters. The van der Waals surface area contributed by atoms with Crippen LogP contribution in [0.1, 0.15) is 44.7 Å². The lowest BCUT2D eigenvalue weighted by molar-refractivity contribution is 0.395. The number of ether oxygens (including phenoxy) is 2. The van der Waals surface area contributed by atoms with E-state index in [1.54, 1.807) is 14.2 Å². The molecular formula is C24H32N4O2. The molecular weight excluding hydrogens is 376 g/mol. The van der Waals surface area contributed by atoms with Crippen molar-refractivity contribution in [2.24, 2.45) is 7.05 Å². The summed E-state index contributed by atoms with van der Waals surface area (Å²) >= 11 is 0. The van der Waals surface area contributed by atoms with Gasteiger partial charge in [-0.05, 0) is 30.5 Å². The van der Waals surface area contributed by atoms with Crippen molar-refractivity contribution in [3.05, 3.63) is 54.1 Å². The highest BCUT2D eigenvalue weighted by Gasteiger charge is 2.25. The Labute approximate surface area is 179 Å². The third-order valence-corrected chi connectivity index (χ3v) is 5.25. The van der Waals surface area contributed by atoms with E-state index >= 15 is 0 Å². The van der Waals surface area contributed by atoms with Crippen LogP contribution in [-0.4, -0.2) is 35.5 Å². The van der Waals surface area contributed by atoms with E-state index in [-0.39, 0.29) is 6.04 Å². The van der Waals surface area contributed by atoms with Crippen molar-refractivity contribution in [3.63, 3.8) is 0 Å². The molecule has 0 amide bonds. The predicted octanol–water partition coefficient (Wildman–Crippen LogP) is 5.26. The SMILES string of the molecule is CCC[C@@H](c1ccccc1)N(CCC)c1nc(-c2ccc(OC)cc2OC)n(C)n1. The highest BCUT2D eigenvalue weighted by molar-refractivity contribution is 5.67. The molecule has 0 aliphatic rings. The van der Waals surface area contributed by atoms with E-state index in [0.29, 0.717) is 5.75 Å². The van der Waals surface area contributed by atoms with Crippen LogP contribution in [0, 0.1) is 0 Å². The molecule has 0 bridgehead atoms. The summed E-state index contributed by atoms with van der Waals surface area (Å²) in [5, 5.41) is 4.80. The fourth-order valence-electron chi connectivity index (χ4n) is 3.80. The van der Waals surface area contributed by atoms with E-state index in [9.17, 15) is 0 Å². The molecule has 0 fully saturated rings. The average molecular weight is 409 g/mol. The normalized spacial score (nSPS) is 11.9. The highest BCUT2D eigenvalue weighted by Crippen LogP contribution is 2.35. The van der Waals surface area contributed by atoms with Crippen LogP contribution in [0.4, 0.5) is 5.95 Å². The van der Waals surface area contributed by atoms with Gasteiger partial charge in [-0.25, -0.2) is 4.68 Å². The molecule has 0 saturated carbocycles. The van der Waals surface area contributed by atoms with Gasteiger partial charge < -0.3 is 14.4 Å². The molecule has 160 valence electrons. The van der Waals surface area contributed by atoms with Gasteiger partial charge in [0.15, 0.2) is 5.82 Å². The smallest absolute Gasteiger partial charge is 0.245 e. The summed E-state index contributed by atoms with van der Waals surface area (Å²) < 4.78 is 12.8. The Morgan fingerprint density at radius 3 is 2.40 bits per heavy atom. The lowest BCUT2D eigenvalue weighted by atomic mass is 10.0. The van der Waals surface area contributed by atoms with Gasteiger partial charge in [0.25, 0.3) is 0 Å². The number of rotatable bonds is 10. The van der Waals surface area contributed by atoms with Crippen molar-refractivity contribution in [1.29, 1.82) is 0 Å². The Kier molecular flexibility index (Phi) is 7.33. The number of anilines is 1. The van der Waals surface area contributed by atoms with Crippen molar-refractivity contribution in [2.45, 2.75) is 39.2 Å². The summed E-state index contributed by atoms with van der Waals surface area (Å²) in [5.74, 6) is 2.98. The summed E-state index contributed by atoms with van der Waals surface area (Å²) in [6.45, 7) is 5.31. The van der Waals surface area contributed by atoms with Gasteiger partial charge in [0.1, 0.15) is 11.5 Å². The van der Waals surface area contributed by atoms with Gasteiger partial charge in [-0.3, -0.25) is 0 Å². The topological polar surface area (TPSA) is 52.4 Å². The summed E-state index contributed by atoms with van der Waals surface area (Å²) in [6, 6.07) is 16.6. The van der Waals surface area contributed by atoms with Gasteiger partial charge >= 0.3 is 0 Å². The van der Waals surface area contributed by atoms with Gasteiger partial charge in [0, 0.05) is 19.7 Å². The van der Waals surface area contributed by atoms with Crippen LogP contribution >= 0.6 is 0 Å². The van der Waals surface area contributed by atoms with Crippen LogP contribution in [0.3, 0.4) is 0 Å². The molecule has 0 N–H and O–H groups in total. The fourth-order valence-corrected chi connectivity index (χ4v) is 3.80. The number of hydrogen-bond acceptors (Lipinski definition) is 5. The first kappa shape index (κ1) is 21.7. The van der Waals surface area contributed by atoms with Crippen molar-refractivity contribution < 1.29 is 9.47 Å². The molecule has 30 heavy (non-hydrogen) atoms. The fraction of sp³-hybridized carbons (Fsp3) is 0.417. The second-order valence-corrected chi connectivity index (χ2v) is 7.33. The van der Waals surface area contributed by atoms with E-state index in [2.05, 4.69) is 49.1 Å². The number of benzene rings is 2. The first-order valence-corrected chi connectivity index (χ1v) is 10.6. The lowest BCUT2D eigenvalue weighted by Crippen LogP contribution is -2.30. The van der Waals surface area contributed by atoms with Crippen molar-refractivity contribution in [2.75, 3.05) is 25.7 Å². The van der Waals surface area contributed by atoms with Crippen LogP contribution in [0.2, 0.25) is 0 Å². The second-order valence-electron chi connectivity index (χ2n) is 7.33. The number of hydrogen-bond donors (Lipinski definition) is 0. The number of aryl methyl sites for hydroxylation is 1. The Morgan fingerprint density at radius 1 is 1.00 bits per heavy atom. The monoisotopic (exact) mass is 408 g/mol. The Morgan fingerprint density at radius 2 is 1.77 bits per heavy atom. The molecule has 6 heteroatoms. The minimum absolute atomic E-state index is 0.240. The number of aromatic nitrogens is 3. The van der Waals surface area contributed by atoms with Crippen molar-refractivity contribution >= 4 is 5.95 Å². The minimum Gasteiger partial charge on any atom is -0.497 e. The summed E-state index contributed by atoms with van der Waals surface area (Å²) in [5.41, 5.74) is 2.19. The minimum atomic E-state index is 0.240.